The number of hydrogen-bond acceptors (Lipinski definition) is 6. The smallest absolute Gasteiger partial charge is 0.359 e. The fourth-order valence-corrected chi connectivity index (χ4v) is 2.73. The second kappa shape index (κ2) is 3.97. The molecule has 1 aliphatic rings. The predicted molar refractivity (Wildman–Crippen MR) is 64.6 cm³/mol. The molecule has 1 atom stereocenters. The van der Waals surface area contributed by atoms with Crippen LogP contribution in [0.1, 0.15) is 6.42 Å². The summed E-state index contributed by atoms with van der Waals surface area (Å²) in [6, 6.07) is 0.221. The van der Waals surface area contributed by atoms with Crippen molar-refractivity contribution in [3.8, 4) is 0 Å². The lowest BCUT2D eigenvalue weighted by Gasteiger charge is -2.09. The van der Waals surface area contributed by atoms with Gasteiger partial charge in [0.15, 0.2) is 0 Å². The van der Waals surface area contributed by atoms with Crippen LogP contribution in [0.4, 0.5) is 11.6 Å². The van der Waals surface area contributed by atoms with E-state index in [9.17, 15) is 10.1 Å². The molecule has 3 rings (SSSR count). The van der Waals surface area contributed by atoms with E-state index in [0.717, 1.165) is 19.5 Å². The van der Waals surface area contributed by atoms with Gasteiger partial charge in [-0.15, -0.1) is 0 Å². The maximum Gasteiger partial charge on any atom is 0.372 e. The minimum absolute atomic E-state index is 0.0214. The van der Waals surface area contributed by atoms with Gasteiger partial charge < -0.3 is 20.7 Å². The number of nitrogens with one attached hydrogen (secondary N) is 2. The summed E-state index contributed by atoms with van der Waals surface area (Å²) in [4.78, 5) is 15.6. The van der Waals surface area contributed by atoms with E-state index in [1.807, 2.05) is 0 Å². The largest absolute Gasteiger partial charge is 0.372 e. The molecule has 8 heteroatoms. The number of nitrogens with zero attached hydrogens (tertiary/aromatic N) is 3. The van der Waals surface area contributed by atoms with Crippen LogP contribution in [0.15, 0.2) is 11.6 Å². The van der Waals surface area contributed by atoms with Crippen LogP contribution in [0, 0.1) is 10.1 Å². The number of thiazole rings is 1. The number of imidazole rings is 1. The van der Waals surface area contributed by atoms with E-state index in [2.05, 4.69) is 15.6 Å². The van der Waals surface area contributed by atoms with Gasteiger partial charge in [-0.2, -0.15) is 9.38 Å². The first-order valence-corrected chi connectivity index (χ1v) is 6.21. The summed E-state index contributed by atoms with van der Waals surface area (Å²) in [5, 5.41) is 19.2. The maximum absolute atomic E-state index is 11.1. The molecule has 2 aromatic rings. The van der Waals surface area contributed by atoms with Crippen LogP contribution in [0.2, 0.25) is 0 Å². The van der Waals surface area contributed by atoms with Crippen LogP contribution in [0.3, 0.4) is 0 Å². The predicted octanol–water partition coefficient (Wildman–Crippen LogP) is 1.08. The lowest BCUT2D eigenvalue weighted by molar-refractivity contribution is -0.389. The molecule has 1 fully saturated rings. The molecule has 1 saturated heterocycles. The second-order valence-electron chi connectivity index (χ2n) is 3.93. The third-order valence-corrected chi connectivity index (χ3v) is 3.57. The molecule has 90 valence electrons. The van der Waals surface area contributed by atoms with Gasteiger partial charge in [-0.3, -0.25) is 0 Å². The first-order chi connectivity index (χ1) is 8.25. The summed E-state index contributed by atoms with van der Waals surface area (Å²) in [5.41, 5.74) is 0. The number of nitro groups is 1. The average molecular weight is 253 g/mol. The van der Waals surface area contributed by atoms with Crippen molar-refractivity contribution >= 4 is 27.9 Å². The van der Waals surface area contributed by atoms with Gasteiger partial charge in [0.25, 0.3) is 4.96 Å². The standard InChI is InChI=1S/C9H11N5O2S/c15-14(16)8-7(11-6-1-2-10-5-6)12-9-13(8)3-4-17-9/h3-4,6,10-11H,1-2,5H2. The highest BCUT2D eigenvalue weighted by Gasteiger charge is 2.26. The quantitative estimate of drug-likeness (QED) is 0.631. The summed E-state index contributed by atoms with van der Waals surface area (Å²) in [5.74, 6) is 0.392. The van der Waals surface area contributed by atoms with Crippen molar-refractivity contribution in [3.05, 3.63) is 21.7 Å². The third-order valence-electron chi connectivity index (χ3n) is 2.81. The number of hydrogen-bond donors (Lipinski definition) is 2. The fraction of sp³-hybridized carbons (Fsp3) is 0.444. The summed E-state index contributed by atoms with van der Waals surface area (Å²) in [7, 11) is 0. The van der Waals surface area contributed by atoms with Crippen molar-refractivity contribution in [1.82, 2.24) is 14.7 Å². The Labute approximate surface area is 101 Å². The van der Waals surface area contributed by atoms with E-state index in [1.54, 1.807) is 11.6 Å². The molecular formula is C9H11N5O2S. The van der Waals surface area contributed by atoms with Gasteiger partial charge in [-0.05, 0) is 17.9 Å². The Balaban J connectivity index is 1.99. The van der Waals surface area contributed by atoms with Crippen LogP contribution in [0.25, 0.3) is 4.96 Å². The number of rotatable bonds is 3. The first kappa shape index (κ1) is 10.5. The Morgan fingerprint density at radius 1 is 1.71 bits per heavy atom. The molecule has 7 nitrogen and oxygen atoms in total. The van der Waals surface area contributed by atoms with E-state index in [1.165, 1.54) is 15.7 Å². The SMILES string of the molecule is O=[N+]([O-])c1c(NC2CCNC2)nc2sccn12. The van der Waals surface area contributed by atoms with Crippen molar-refractivity contribution in [1.29, 1.82) is 0 Å². The van der Waals surface area contributed by atoms with Crippen molar-refractivity contribution in [3.63, 3.8) is 0 Å². The van der Waals surface area contributed by atoms with Crippen molar-refractivity contribution in [2.45, 2.75) is 12.5 Å². The molecule has 2 N–H and O–H groups in total. The minimum Gasteiger partial charge on any atom is -0.359 e. The minimum atomic E-state index is -0.391. The lowest BCUT2D eigenvalue weighted by atomic mass is 10.2. The topological polar surface area (TPSA) is 84.5 Å². The second-order valence-corrected chi connectivity index (χ2v) is 4.80. The normalized spacial score (nSPS) is 19.9. The number of fused-ring (bicyclic) bond motifs is 1. The van der Waals surface area contributed by atoms with Crippen molar-refractivity contribution < 1.29 is 4.92 Å². The third kappa shape index (κ3) is 1.75. The first-order valence-electron chi connectivity index (χ1n) is 5.33. The Kier molecular flexibility index (Phi) is 2.45. The summed E-state index contributed by atoms with van der Waals surface area (Å²) < 4.78 is 1.51. The van der Waals surface area contributed by atoms with Crippen LogP contribution in [-0.4, -0.2) is 33.4 Å². The molecule has 0 amide bonds. The average Bonchev–Trinajstić information content (AvgIpc) is 2.92. The highest BCUT2D eigenvalue weighted by atomic mass is 32.1. The van der Waals surface area contributed by atoms with E-state index in [-0.39, 0.29) is 11.9 Å². The van der Waals surface area contributed by atoms with Crippen LogP contribution in [0.5, 0.6) is 0 Å². The highest BCUT2D eigenvalue weighted by molar-refractivity contribution is 7.15. The maximum atomic E-state index is 11.1. The molecule has 0 aliphatic carbocycles. The van der Waals surface area contributed by atoms with Crippen LogP contribution >= 0.6 is 11.3 Å². The molecule has 0 saturated carbocycles. The van der Waals surface area contributed by atoms with Crippen molar-refractivity contribution in [2.24, 2.45) is 0 Å². The Morgan fingerprint density at radius 3 is 3.29 bits per heavy atom. The van der Waals surface area contributed by atoms with Gasteiger partial charge in [0, 0.05) is 18.0 Å². The molecule has 2 aromatic heterocycles. The molecule has 3 heterocycles. The van der Waals surface area contributed by atoms with Gasteiger partial charge in [-0.25, -0.2) is 0 Å². The molecule has 17 heavy (non-hydrogen) atoms. The number of anilines is 1. The molecule has 0 spiro atoms. The molecule has 0 radical (unpaired) electrons. The van der Waals surface area contributed by atoms with Gasteiger partial charge in [0.05, 0.1) is 0 Å². The fourth-order valence-electron chi connectivity index (χ4n) is 2.02. The van der Waals surface area contributed by atoms with E-state index < -0.39 is 4.92 Å². The monoisotopic (exact) mass is 253 g/mol. The molecule has 0 bridgehead atoms. The molecular weight excluding hydrogens is 242 g/mol. The van der Waals surface area contributed by atoms with Gasteiger partial charge in [-0.1, -0.05) is 11.3 Å². The van der Waals surface area contributed by atoms with Crippen LogP contribution in [-0.2, 0) is 0 Å². The van der Waals surface area contributed by atoms with Gasteiger partial charge in [0.1, 0.15) is 6.20 Å². The molecule has 0 aromatic carbocycles. The van der Waals surface area contributed by atoms with Gasteiger partial charge >= 0.3 is 5.82 Å². The lowest BCUT2D eigenvalue weighted by Crippen LogP contribution is -2.22. The summed E-state index contributed by atoms with van der Waals surface area (Å²) >= 11 is 1.39. The molecule has 1 aliphatic heterocycles. The van der Waals surface area contributed by atoms with E-state index in [0.29, 0.717) is 10.8 Å². The zero-order chi connectivity index (χ0) is 11.8. The number of aromatic nitrogens is 2. The zero-order valence-electron chi connectivity index (χ0n) is 8.92. The Hall–Kier alpha value is -1.67. The summed E-state index contributed by atoms with van der Waals surface area (Å²) in [6.07, 6.45) is 2.63. The molecule has 1 unspecified atom stereocenters. The van der Waals surface area contributed by atoms with Gasteiger partial charge in [0.2, 0.25) is 5.82 Å². The highest BCUT2D eigenvalue weighted by Crippen LogP contribution is 2.28. The summed E-state index contributed by atoms with van der Waals surface area (Å²) in [6.45, 7) is 1.76. The van der Waals surface area contributed by atoms with Crippen LogP contribution < -0.4 is 10.6 Å². The van der Waals surface area contributed by atoms with E-state index >= 15 is 0 Å². The Bertz CT molecular complexity index is 557. The Morgan fingerprint density at radius 2 is 2.59 bits per heavy atom. The zero-order valence-corrected chi connectivity index (χ0v) is 9.74. The van der Waals surface area contributed by atoms with E-state index in [4.69, 9.17) is 0 Å². The van der Waals surface area contributed by atoms with Crippen molar-refractivity contribution in [2.75, 3.05) is 18.4 Å².